The molecule has 5 rings (SSSR count). The summed E-state index contributed by atoms with van der Waals surface area (Å²) in [6, 6.07) is 1.34. The van der Waals surface area contributed by atoms with Crippen molar-refractivity contribution in [2.45, 2.75) is 82.5 Å². The van der Waals surface area contributed by atoms with Crippen molar-refractivity contribution in [1.82, 2.24) is 15.1 Å². The predicted octanol–water partition coefficient (Wildman–Crippen LogP) is 1.93. The summed E-state index contributed by atoms with van der Waals surface area (Å²) < 4.78 is 18.8. The van der Waals surface area contributed by atoms with Crippen LogP contribution in [0.2, 0.25) is 0 Å². The summed E-state index contributed by atoms with van der Waals surface area (Å²) >= 11 is 0. The second-order valence-electron chi connectivity index (χ2n) is 10.3. The lowest BCUT2D eigenvalue weighted by atomic mass is 9.56. The molecule has 182 valence electrons. The summed E-state index contributed by atoms with van der Waals surface area (Å²) in [5.74, 6) is -0.496. The van der Waals surface area contributed by atoms with E-state index >= 15 is 0 Å². The maximum atomic E-state index is 13.7. The topological polar surface area (TPSA) is 103 Å². The Labute approximate surface area is 194 Å². The van der Waals surface area contributed by atoms with Gasteiger partial charge in [-0.2, -0.15) is 5.26 Å². The lowest BCUT2D eigenvalue weighted by molar-refractivity contribution is -0.157. The summed E-state index contributed by atoms with van der Waals surface area (Å²) in [7, 11) is 0. The molecule has 0 spiro atoms. The number of nitrogens with zero attached hydrogens (tertiary/aromatic N) is 3. The molecule has 2 unspecified atom stereocenters. The standard InChI is InChI=1S/C24H35FN4O4/c1-2-33-21(31)17-4-3-11-28(15-17)22(32)23-5-8-24(9-6-23,10-7-23)27-14-20(30)29-16-18(25)12-19(29)13-26/h17-19,27H,2-12,14-16H2,1H3/t17?,18?,19-,23?,24?/m1/s1. The van der Waals surface area contributed by atoms with Crippen LogP contribution in [-0.2, 0) is 19.1 Å². The number of piperidine rings is 1. The third-order valence-corrected chi connectivity index (χ3v) is 8.36. The van der Waals surface area contributed by atoms with Crippen LogP contribution in [0.25, 0.3) is 0 Å². The molecule has 0 radical (unpaired) electrons. The van der Waals surface area contributed by atoms with E-state index in [0.717, 1.165) is 51.4 Å². The fourth-order valence-electron chi connectivity index (χ4n) is 6.27. The molecule has 33 heavy (non-hydrogen) atoms. The molecule has 2 aliphatic heterocycles. The van der Waals surface area contributed by atoms with Crippen molar-refractivity contribution < 1.29 is 23.5 Å². The zero-order chi connectivity index (χ0) is 23.6. The fourth-order valence-corrected chi connectivity index (χ4v) is 6.27. The maximum absolute atomic E-state index is 13.7. The van der Waals surface area contributed by atoms with Crippen LogP contribution in [0.5, 0.6) is 0 Å². The number of nitrogens with one attached hydrogen (secondary N) is 1. The first-order valence-corrected chi connectivity index (χ1v) is 12.4. The van der Waals surface area contributed by atoms with Gasteiger partial charge in [-0.3, -0.25) is 14.4 Å². The second kappa shape index (κ2) is 9.57. The average molecular weight is 463 g/mol. The Bertz CT molecular complexity index is 803. The maximum Gasteiger partial charge on any atom is 0.310 e. The monoisotopic (exact) mass is 462 g/mol. The number of esters is 1. The molecule has 1 N–H and O–H groups in total. The molecule has 3 atom stereocenters. The third-order valence-electron chi connectivity index (χ3n) is 8.36. The number of alkyl halides is 1. The normalized spacial score (nSPS) is 35.8. The number of carbonyl (C=O) groups excluding carboxylic acids is 3. The van der Waals surface area contributed by atoms with Crippen LogP contribution in [0.15, 0.2) is 0 Å². The minimum atomic E-state index is -1.13. The number of likely N-dealkylation sites (tertiary alicyclic amines) is 2. The van der Waals surface area contributed by atoms with Gasteiger partial charge in [0.2, 0.25) is 11.8 Å². The Morgan fingerprint density at radius 3 is 2.48 bits per heavy atom. The van der Waals surface area contributed by atoms with Crippen molar-refractivity contribution >= 4 is 17.8 Å². The van der Waals surface area contributed by atoms with Gasteiger partial charge in [0.15, 0.2) is 0 Å². The quantitative estimate of drug-likeness (QED) is 0.605. The molecule has 0 aromatic carbocycles. The number of carbonyl (C=O) groups is 3. The van der Waals surface area contributed by atoms with Gasteiger partial charge in [0.1, 0.15) is 12.2 Å². The number of rotatable bonds is 6. The molecule has 5 aliphatic rings. The van der Waals surface area contributed by atoms with Crippen LogP contribution in [0.3, 0.4) is 0 Å². The van der Waals surface area contributed by atoms with Gasteiger partial charge in [0.05, 0.1) is 31.7 Å². The molecule has 2 amide bonds. The minimum Gasteiger partial charge on any atom is -0.466 e. The SMILES string of the molecule is CCOC(=O)C1CCCN(C(=O)C23CCC(NCC(=O)N4CC(F)C[C@@H]4C#N)(CC2)CC3)C1. The van der Waals surface area contributed by atoms with Gasteiger partial charge in [-0.25, -0.2) is 4.39 Å². The highest BCUT2D eigenvalue weighted by molar-refractivity contribution is 5.84. The van der Waals surface area contributed by atoms with Crippen LogP contribution < -0.4 is 5.32 Å². The second-order valence-corrected chi connectivity index (χ2v) is 10.3. The Morgan fingerprint density at radius 1 is 1.15 bits per heavy atom. The van der Waals surface area contributed by atoms with E-state index in [0.29, 0.717) is 19.7 Å². The summed E-state index contributed by atoms with van der Waals surface area (Å²) in [4.78, 5) is 41.6. The number of halogens is 1. The van der Waals surface area contributed by atoms with Gasteiger partial charge in [-0.15, -0.1) is 0 Å². The molecule has 2 saturated heterocycles. The van der Waals surface area contributed by atoms with E-state index in [1.165, 1.54) is 4.90 Å². The van der Waals surface area contributed by atoms with Crippen LogP contribution in [-0.4, -0.2) is 78.1 Å². The number of hydrogen-bond donors (Lipinski definition) is 1. The van der Waals surface area contributed by atoms with Gasteiger partial charge in [-0.05, 0) is 58.3 Å². The van der Waals surface area contributed by atoms with Crippen molar-refractivity contribution in [3.05, 3.63) is 0 Å². The number of ether oxygens (including phenoxy) is 1. The molecule has 5 fully saturated rings. The molecule has 0 aromatic rings. The number of fused-ring (bicyclic) bond motifs is 3. The highest BCUT2D eigenvalue weighted by Crippen LogP contribution is 2.53. The highest BCUT2D eigenvalue weighted by atomic mass is 19.1. The van der Waals surface area contributed by atoms with Gasteiger partial charge in [-0.1, -0.05) is 0 Å². The van der Waals surface area contributed by atoms with E-state index in [1.807, 2.05) is 11.0 Å². The van der Waals surface area contributed by atoms with Crippen molar-refractivity contribution in [2.75, 3.05) is 32.8 Å². The fraction of sp³-hybridized carbons (Fsp3) is 0.833. The van der Waals surface area contributed by atoms with Crippen molar-refractivity contribution in [3.63, 3.8) is 0 Å². The average Bonchev–Trinajstić information content (AvgIpc) is 3.24. The van der Waals surface area contributed by atoms with Crippen molar-refractivity contribution in [2.24, 2.45) is 11.3 Å². The molecular formula is C24H35FN4O4. The Morgan fingerprint density at radius 2 is 1.85 bits per heavy atom. The third kappa shape index (κ3) is 4.72. The largest absolute Gasteiger partial charge is 0.466 e. The van der Waals surface area contributed by atoms with E-state index in [9.17, 15) is 24.0 Å². The van der Waals surface area contributed by atoms with E-state index < -0.39 is 12.2 Å². The predicted molar refractivity (Wildman–Crippen MR) is 117 cm³/mol. The number of nitriles is 1. The minimum absolute atomic E-state index is 0.00796. The molecule has 8 nitrogen and oxygen atoms in total. The Balaban J connectivity index is 1.31. The lowest BCUT2D eigenvalue weighted by Crippen LogP contribution is -2.61. The van der Waals surface area contributed by atoms with Gasteiger partial charge >= 0.3 is 5.97 Å². The zero-order valence-electron chi connectivity index (χ0n) is 19.5. The number of hydrogen-bond acceptors (Lipinski definition) is 6. The summed E-state index contributed by atoms with van der Waals surface area (Å²) in [6.45, 7) is 3.38. The highest BCUT2D eigenvalue weighted by Gasteiger charge is 2.54. The van der Waals surface area contributed by atoms with Crippen molar-refractivity contribution in [1.29, 1.82) is 5.26 Å². The Kier molecular flexibility index (Phi) is 6.94. The van der Waals surface area contributed by atoms with E-state index in [1.54, 1.807) is 6.92 Å². The van der Waals surface area contributed by atoms with Gasteiger partial charge < -0.3 is 19.9 Å². The van der Waals surface area contributed by atoms with Crippen molar-refractivity contribution in [3.8, 4) is 6.07 Å². The first-order valence-electron chi connectivity index (χ1n) is 12.4. The molecular weight excluding hydrogens is 427 g/mol. The summed E-state index contributed by atoms with van der Waals surface area (Å²) in [5, 5.41) is 12.6. The molecule has 0 aromatic heterocycles. The summed E-state index contributed by atoms with van der Waals surface area (Å²) in [6.07, 6.45) is 5.29. The van der Waals surface area contributed by atoms with Crippen LogP contribution in [0.4, 0.5) is 4.39 Å². The molecule has 3 aliphatic carbocycles. The zero-order valence-corrected chi connectivity index (χ0v) is 19.5. The first kappa shape index (κ1) is 23.9. The van der Waals surface area contributed by atoms with Crippen LogP contribution >= 0.6 is 0 Å². The molecule has 2 bridgehead atoms. The Hall–Kier alpha value is -2.21. The number of amides is 2. The smallest absolute Gasteiger partial charge is 0.310 e. The van der Waals surface area contributed by atoms with Gasteiger partial charge in [0, 0.05) is 30.5 Å². The van der Waals surface area contributed by atoms with E-state index in [4.69, 9.17) is 4.74 Å². The lowest BCUT2D eigenvalue weighted by Gasteiger charge is -2.54. The van der Waals surface area contributed by atoms with Gasteiger partial charge in [0.25, 0.3) is 0 Å². The molecule has 9 heteroatoms. The molecule has 3 saturated carbocycles. The van der Waals surface area contributed by atoms with E-state index in [2.05, 4.69) is 5.32 Å². The summed E-state index contributed by atoms with van der Waals surface area (Å²) in [5.41, 5.74) is -0.545. The van der Waals surface area contributed by atoms with Crippen LogP contribution in [0, 0.1) is 22.7 Å². The molecule has 2 heterocycles. The first-order chi connectivity index (χ1) is 15.8. The van der Waals surface area contributed by atoms with Crippen LogP contribution in [0.1, 0.15) is 64.7 Å². The van der Waals surface area contributed by atoms with E-state index in [-0.39, 0.29) is 54.2 Å².